The van der Waals surface area contributed by atoms with Crippen LogP contribution in [-0.4, -0.2) is 22.5 Å². The van der Waals surface area contributed by atoms with Crippen molar-refractivity contribution in [2.24, 2.45) is 0 Å². The van der Waals surface area contributed by atoms with E-state index in [1.807, 2.05) is 26.8 Å². The van der Waals surface area contributed by atoms with E-state index >= 15 is 0 Å². The maximum atomic E-state index is 11.7. The second kappa shape index (κ2) is 5.51. The monoisotopic (exact) mass is 290 g/mol. The van der Waals surface area contributed by atoms with Crippen molar-refractivity contribution < 1.29 is 19.4 Å². The third-order valence-corrected chi connectivity index (χ3v) is 4.44. The van der Waals surface area contributed by atoms with Crippen LogP contribution in [-0.2, 0) is 11.2 Å². The molecule has 1 aromatic rings. The van der Waals surface area contributed by atoms with Gasteiger partial charge in [-0.05, 0) is 69.7 Å². The molecule has 0 bridgehead atoms. The van der Waals surface area contributed by atoms with Crippen LogP contribution in [0, 0.1) is 13.8 Å². The van der Waals surface area contributed by atoms with Crippen molar-refractivity contribution in [2.45, 2.75) is 59.0 Å². The molecule has 1 aromatic carbocycles. The molecule has 4 nitrogen and oxygen atoms in total. The van der Waals surface area contributed by atoms with Crippen molar-refractivity contribution in [3.8, 4) is 5.75 Å². The van der Waals surface area contributed by atoms with E-state index in [2.05, 4.69) is 0 Å². The lowest BCUT2D eigenvalue weighted by Gasteiger charge is -2.37. The van der Waals surface area contributed by atoms with E-state index < -0.39 is 11.6 Å². The van der Waals surface area contributed by atoms with Crippen LogP contribution >= 0.6 is 0 Å². The van der Waals surface area contributed by atoms with Crippen molar-refractivity contribution >= 4 is 11.8 Å². The summed E-state index contributed by atoms with van der Waals surface area (Å²) in [6.07, 6.45) is 2.18. The zero-order chi connectivity index (χ0) is 15.8. The Bertz CT molecular complexity index is 603. The van der Waals surface area contributed by atoms with Crippen LogP contribution in [0.3, 0.4) is 0 Å². The molecule has 1 unspecified atom stereocenters. The van der Waals surface area contributed by atoms with Gasteiger partial charge in [0.1, 0.15) is 11.4 Å². The van der Waals surface area contributed by atoms with Gasteiger partial charge in [0.15, 0.2) is 5.78 Å². The number of hydrogen-bond donors (Lipinski definition) is 1. The van der Waals surface area contributed by atoms with E-state index in [0.29, 0.717) is 6.42 Å². The fraction of sp³-hybridized carbons (Fsp3) is 0.529. The Hall–Kier alpha value is -1.84. The summed E-state index contributed by atoms with van der Waals surface area (Å²) in [4.78, 5) is 22.5. The molecule has 0 saturated heterocycles. The Morgan fingerprint density at radius 1 is 1.33 bits per heavy atom. The second-order valence-corrected chi connectivity index (χ2v) is 6.16. The average Bonchev–Trinajstić information content (AvgIpc) is 2.41. The van der Waals surface area contributed by atoms with Crippen LogP contribution in [0.2, 0.25) is 0 Å². The predicted molar refractivity (Wildman–Crippen MR) is 80.1 cm³/mol. The molecular weight excluding hydrogens is 268 g/mol. The lowest BCUT2D eigenvalue weighted by molar-refractivity contribution is -0.138. The minimum absolute atomic E-state index is 0.0672. The Morgan fingerprint density at radius 3 is 2.57 bits per heavy atom. The molecule has 21 heavy (non-hydrogen) atoms. The lowest BCUT2D eigenvalue weighted by atomic mass is 9.85. The Labute approximate surface area is 125 Å². The van der Waals surface area contributed by atoms with E-state index in [-0.39, 0.29) is 12.2 Å². The zero-order valence-electron chi connectivity index (χ0n) is 13.1. The summed E-state index contributed by atoms with van der Waals surface area (Å²) in [5, 5.41) is 8.86. The van der Waals surface area contributed by atoms with Gasteiger partial charge >= 0.3 is 5.97 Å². The van der Waals surface area contributed by atoms with Gasteiger partial charge in [0, 0.05) is 12.0 Å². The smallest absolute Gasteiger partial charge is 0.303 e. The minimum Gasteiger partial charge on any atom is -0.487 e. The molecule has 4 heteroatoms. The number of carbonyl (C=O) groups is 2. The number of aryl methyl sites for hydroxylation is 1. The largest absolute Gasteiger partial charge is 0.487 e. The van der Waals surface area contributed by atoms with Crippen LogP contribution < -0.4 is 4.74 Å². The van der Waals surface area contributed by atoms with Gasteiger partial charge in [-0.25, -0.2) is 0 Å². The molecule has 0 amide bonds. The van der Waals surface area contributed by atoms with Gasteiger partial charge < -0.3 is 9.84 Å². The Balaban J connectivity index is 2.35. The van der Waals surface area contributed by atoms with Gasteiger partial charge in [-0.15, -0.1) is 0 Å². The molecule has 1 aliphatic heterocycles. The van der Waals surface area contributed by atoms with Gasteiger partial charge in [-0.1, -0.05) is 0 Å². The van der Waals surface area contributed by atoms with Crippen LogP contribution in [0.5, 0.6) is 5.75 Å². The summed E-state index contributed by atoms with van der Waals surface area (Å²) in [5.41, 5.74) is 3.29. The number of benzene rings is 1. The van der Waals surface area contributed by atoms with E-state index in [0.717, 1.165) is 40.8 Å². The standard InChI is InChI=1S/C17H22O4/c1-10-11(2)16-13(9-14(10)12(3)18)5-7-17(4,21-16)8-6-15(19)20/h9H,5-8H2,1-4H3,(H,19,20). The molecular formula is C17H22O4. The van der Waals surface area contributed by atoms with Crippen LogP contribution in [0.15, 0.2) is 6.07 Å². The number of carboxylic acids is 1. The van der Waals surface area contributed by atoms with Crippen LogP contribution in [0.25, 0.3) is 0 Å². The number of carboxylic acid groups (broad SMARTS) is 1. The Kier molecular flexibility index (Phi) is 4.08. The first-order valence-corrected chi connectivity index (χ1v) is 7.28. The molecule has 0 radical (unpaired) electrons. The molecule has 0 fully saturated rings. The summed E-state index contributed by atoms with van der Waals surface area (Å²) in [6, 6.07) is 1.93. The van der Waals surface area contributed by atoms with E-state index in [1.165, 1.54) is 0 Å². The van der Waals surface area contributed by atoms with Crippen molar-refractivity contribution in [3.05, 3.63) is 28.3 Å². The van der Waals surface area contributed by atoms with Gasteiger partial charge in [0.25, 0.3) is 0 Å². The summed E-state index contributed by atoms with van der Waals surface area (Å²) < 4.78 is 6.14. The van der Waals surface area contributed by atoms with Crippen molar-refractivity contribution in [3.63, 3.8) is 0 Å². The van der Waals surface area contributed by atoms with E-state index in [4.69, 9.17) is 9.84 Å². The van der Waals surface area contributed by atoms with Gasteiger partial charge in [0.05, 0.1) is 0 Å². The summed E-state index contributed by atoms with van der Waals surface area (Å²) in [7, 11) is 0. The van der Waals surface area contributed by atoms with Crippen LogP contribution in [0.4, 0.5) is 0 Å². The predicted octanol–water partition coefficient (Wildman–Crippen LogP) is 3.45. The summed E-state index contributed by atoms with van der Waals surface area (Å²) in [5.74, 6) is 0.0969. The summed E-state index contributed by atoms with van der Waals surface area (Å²) in [6.45, 7) is 7.43. The van der Waals surface area contributed by atoms with Crippen LogP contribution in [0.1, 0.15) is 60.2 Å². The number of ether oxygens (including phenoxy) is 1. The SMILES string of the molecule is CC(=O)c1cc2c(c(C)c1C)OC(C)(CCC(=O)O)CC2. The molecule has 1 atom stereocenters. The number of hydrogen-bond acceptors (Lipinski definition) is 3. The topological polar surface area (TPSA) is 63.6 Å². The lowest BCUT2D eigenvalue weighted by Crippen LogP contribution is -2.37. The second-order valence-electron chi connectivity index (χ2n) is 6.16. The highest BCUT2D eigenvalue weighted by molar-refractivity contribution is 5.96. The molecule has 2 rings (SSSR count). The first kappa shape index (κ1) is 15.5. The van der Waals surface area contributed by atoms with Gasteiger partial charge in [-0.2, -0.15) is 0 Å². The summed E-state index contributed by atoms with van der Waals surface area (Å²) >= 11 is 0. The third kappa shape index (κ3) is 3.09. The number of ketones is 1. The average molecular weight is 290 g/mol. The molecule has 1 N–H and O–H groups in total. The van der Waals surface area contributed by atoms with Crippen molar-refractivity contribution in [1.29, 1.82) is 0 Å². The molecule has 1 aliphatic rings. The third-order valence-electron chi connectivity index (χ3n) is 4.44. The zero-order valence-corrected chi connectivity index (χ0v) is 13.1. The first-order valence-electron chi connectivity index (χ1n) is 7.28. The number of carbonyl (C=O) groups excluding carboxylic acids is 1. The quantitative estimate of drug-likeness (QED) is 0.863. The maximum absolute atomic E-state index is 11.7. The maximum Gasteiger partial charge on any atom is 0.303 e. The molecule has 0 aliphatic carbocycles. The number of aliphatic carboxylic acids is 1. The molecule has 0 saturated carbocycles. The van der Waals surface area contributed by atoms with Crippen molar-refractivity contribution in [2.75, 3.05) is 0 Å². The minimum atomic E-state index is -0.801. The molecule has 1 heterocycles. The normalized spacial score (nSPS) is 20.6. The fourth-order valence-electron chi connectivity index (χ4n) is 2.90. The van der Waals surface area contributed by atoms with Gasteiger partial charge in [0.2, 0.25) is 0 Å². The van der Waals surface area contributed by atoms with Crippen molar-refractivity contribution in [1.82, 2.24) is 0 Å². The van der Waals surface area contributed by atoms with E-state index in [1.54, 1.807) is 6.92 Å². The number of fused-ring (bicyclic) bond motifs is 1. The molecule has 0 spiro atoms. The fourth-order valence-corrected chi connectivity index (χ4v) is 2.90. The molecule has 114 valence electrons. The highest BCUT2D eigenvalue weighted by Gasteiger charge is 2.33. The highest BCUT2D eigenvalue weighted by Crippen LogP contribution is 2.40. The molecule has 0 aromatic heterocycles. The Morgan fingerprint density at radius 2 is 2.00 bits per heavy atom. The first-order chi connectivity index (χ1) is 9.73. The van der Waals surface area contributed by atoms with E-state index in [9.17, 15) is 9.59 Å². The highest BCUT2D eigenvalue weighted by atomic mass is 16.5. The van der Waals surface area contributed by atoms with Gasteiger partial charge in [-0.3, -0.25) is 9.59 Å². The number of rotatable bonds is 4. The number of Topliss-reactive ketones (excluding diaryl/α,β-unsaturated/α-hetero) is 1.